The Bertz CT molecular complexity index is 4150. The predicted octanol–water partition coefficient (Wildman–Crippen LogP) is 16.7. The molecule has 4 aromatic heterocycles. The van der Waals surface area contributed by atoms with Crippen LogP contribution >= 0.6 is 11.3 Å². The topological polar surface area (TPSA) is 65.0 Å². The van der Waals surface area contributed by atoms with Crippen molar-refractivity contribution in [3.8, 4) is 67.5 Å². The minimum atomic E-state index is -0.0985. The van der Waals surface area contributed by atoms with Crippen LogP contribution in [-0.2, 0) is 5.41 Å². The second-order valence-electron chi connectivity index (χ2n) is 17.8. The molecule has 0 unspecified atom stereocenters. The first-order valence-electron chi connectivity index (χ1n) is 22.3. The molecule has 310 valence electrons. The smallest absolute Gasteiger partial charge is 0.167 e. The quantitative estimate of drug-likeness (QED) is 0.172. The van der Waals surface area contributed by atoms with E-state index in [1.807, 2.05) is 36.4 Å². The second-order valence-corrected chi connectivity index (χ2v) is 18.9. The highest BCUT2D eigenvalue weighted by molar-refractivity contribution is 7.25. The van der Waals surface area contributed by atoms with Gasteiger partial charge in [0.1, 0.15) is 22.3 Å². The molecule has 0 radical (unpaired) electrons. The monoisotopic (exact) mass is 863 g/mol. The number of nitrogens with zero attached hydrogens (tertiary/aromatic N) is 3. The number of rotatable bonds is 5. The summed E-state index contributed by atoms with van der Waals surface area (Å²) in [6.07, 6.45) is 0. The molecule has 9 aromatic carbocycles. The molecule has 0 saturated carbocycles. The summed E-state index contributed by atoms with van der Waals surface area (Å²) in [7, 11) is 0. The molecule has 5 nitrogen and oxygen atoms in total. The van der Waals surface area contributed by atoms with Crippen LogP contribution < -0.4 is 0 Å². The van der Waals surface area contributed by atoms with Crippen LogP contribution in [0.3, 0.4) is 0 Å². The van der Waals surface area contributed by atoms with Gasteiger partial charge in [0.25, 0.3) is 0 Å². The van der Waals surface area contributed by atoms with Gasteiger partial charge in [0.2, 0.25) is 0 Å². The van der Waals surface area contributed by atoms with Crippen molar-refractivity contribution >= 4 is 75.4 Å². The summed E-state index contributed by atoms with van der Waals surface area (Å²) in [5.74, 6) is 1.69. The minimum Gasteiger partial charge on any atom is -0.456 e. The van der Waals surface area contributed by atoms with Crippen molar-refractivity contribution in [3.05, 3.63) is 199 Å². The zero-order chi connectivity index (χ0) is 43.7. The van der Waals surface area contributed by atoms with Crippen molar-refractivity contribution in [2.45, 2.75) is 19.3 Å². The lowest BCUT2D eigenvalue weighted by atomic mass is 9.79. The molecule has 13 aromatic rings. The van der Waals surface area contributed by atoms with Gasteiger partial charge in [-0.1, -0.05) is 159 Å². The Morgan fingerprint density at radius 2 is 0.939 bits per heavy atom. The average Bonchev–Trinajstić information content (AvgIpc) is 4.12. The van der Waals surface area contributed by atoms with Crippen LogP contribution in [-0.4, -0.2) is 15.0 Å². The van der Waals surface area contributed by atoms with Crippen molar-refractivity contribution in [2.75, 3.05) is 0 Å². The number of benzene rings is 9. The van der Waals surface area contributed by atoms with E-state index in [2.05, 4.69) is 166 Å². The number of fused-ring (bicyclic) bond motifs is 12. The van der Waals surface area contributed by atoms with Gasteiger partial charge in [-0.15, -0.1) is 11.3 Å². The molecule has 66 heavy (non-hydrogen) atoms. The highest BCUT2D eigenvalue weighted by Crippen LogP contribution is 2.52. The first-order valence-corrected chi connectivity index (χ1v) is 23.2. The molecule has 6 heteroatoms. The zero-order valence-electron chi connectivity index (χ0n) is 36.0. The van der Waals surface area contributed by atoms with Gasteiger partial charge in [-0.05, 0) is 87.0 Å². The largest absolute Gasteiger partial charge is 0.456 e. The normalized spacial score (nSPS) is 13.1. The molecule has 0 bridgehead atoms. The molecule has 0 amide bonds. The predicted molar refractivity (Wildman–Crippen MR) is 272 cm³/mol. The van der Waals surface area contributed by atoms with Gasteiger partial charge in [0.05, 0.1) is 5.56 Å². The van der Waals surface area contributed by atoms with Crippen molar-refractivity contribution in [3.63, 3.8) is 0 Å². The van der Waals surface area contributed by atoms with Gasteiger partial charge in [-0.3, -0.25) is 0 Å². The van der Waals surface area contributed by atoms with Crippen molar-refractivity contribution in [1.29, 1.82) is 0 Å². The van der Waals surface area contributed by atoms with E-state index in [4.69, 9.17) is 23.8 Å². The number of hydrogen-bond donors (Lipinski definition) is 0. The molecule has 1 aliphatic rings. The van der Waals surface area contributed by atoms with Gasteiger partial charge in [0, 0.05) is 58.3 Å². The summed E-state index contributed by atoms with van der Waals surface area (Å²) < 4.78 is 15.6. The molecular formula is C60H37N3O2S. The number of furan rings is 2. The fourth-order valence-electron chi connectivity index (χ4n) is 10.7. The van der Waals surface area contributed by atoms with E-state index in [1.54, 1.807) is 11.3 Å². The van der Waals surface area contributed by atoms with Crippen molar-refractivity contribution in [1.82, 2.24) is 15.0 Å². The van der Waals surface area contributed by atoms with Gasteiger partial charge in [-0.25, -0.2) is 15.0 Å². The molecule has 0 spiro atoms. The fourth-order valence-corrected chi connectivity index (χ4v) is 11.9. The lowest BCUT2D eigenvalue weighted by molar-refractivity contribution is 0.662. The van der Waals surface area contributed by atoms with Gasteiger partial charge >= 0.3 is 0 Å². The van der Waals surface area contributed by atoms with Gasteiger partial charge in [0.15, 0.2) is 17.5 Å². The van der Waals surface area contributed by atoms with Crippen LogP contribution in [0.2, 0.25) is 0 Å². The maximum absolute atomic E-state index is 6.60. The molecule has 1 aliphatic carbocycles. The van der Waals surface area contributed by atoms with E-state index >= 15 is 0 Å². The molecule has 0 aliphatic heterocycles. The summed E-state index contributed by atoms with van der Waals surface area (Å²) >= 11 is 1.78. The summed E-state index contributed by atoms with van der Waals surface area (Å²) in [5, 5.41) is 6.34. The molecular weight excluding hydrogens is 827 g/mol. The highest BCUT2D eigenvalue weighted by Gasteiger charge is 2.37. The number of thiophene rings is 1. The van der Waals surface area contributed by atoms with Crippen LogP contribution in [0.1, 0.15) is 25.0 Å². The molecule has 0 N–H and O–H groups in total. The summed E-state index contributed by atoms with van der Waals surface area (Å²) in [4.78, 5) is 16.0. The third-order valence-corrected chi connectivity index (χ3v) is 14.9. The average molecular weight is 864 g/mol. The van der Waals surface area contributed by atoms with Crippen LogP contribution in [0, 0.1) is 0 Å². The Balaban J connectivity index is 0.937. The standard InChI is InChI=1S/C60H37N3O2S/c1-60(2)47-22-6-3-13-38(47)40-17-9-16-37(55(40)60)35-29-27-34(28-30-35)36-31-32-49-46(33-36)53-43(19-11-24-50(53)64-49)57-61-58(44-20-12-26-52-54(44)42-15-5-8-25-51(42)66-52)63-59(62-57)45-21-10-18-41-39-14-4-7-23-48(39)65-56(41)45/h3-33H,1-2H3. The van der Waals surface area contributed by atoms with Crippen LogP contribution in [0.25, 0.3) is 132 Å². The first kappa shape index (κ1) is 37.2. The highest BCUT2D eigenvalue weighted by atomic mass is 32.1. The summed E-state index contributed by atoms with van der Waals surface area (Å²) in [6.45, 7) is 4.69. The van der Waals surface area contributed by atoms with E-state index in [-0.39, 0.29) is 5.41 Å². The fraction of sp³-hybridized carbons (Fsp3) is 0.0500. The third kappa shape index (κ3) is 5.42. The summed E-state index contributed by atoms with van der Waals surface area (Å²) in [6, 6.07) is 66.5. The molecule has 0 fully saturated rings. The molecule has 14 rings (SSSR count). The van der Waals surface area contributed by atoms with Gasteiger partial charge in [-0.2, -0.15) is 0 Å². The van der Waals surface area contributed by atoms with Crippen molar-refractivity contribution < 1.29 is 8.83 Å². The Kier molecular flexibility index (Phi) is 7.84. The Morgan fingerprint density at radius 1 is 0.379 bits per heavy atom. The first-order chi connectivity index (χ1) is 32.5. The SMILES string of the molecule is CC1(C)c2ccccc2-c2cccc(-c3ccc(-c4ccc5oc6cccc(-c7nc(-c8cccc9c8oc8ccccc89)nc(-c8cccc9sc%10ccccc%10c89)n7)c6c5c4)cc3)c21. The number of aromatic nitrogens is 3. The molecule has 0 saturated heterocycles. The van der Waals surface area contributed by atoms with Crippen molar-refractivity contribution in [2.24, 2.45) is 0 Å². The Labute approximate surface area is 383 Å². The van der Waals surface area contributed by atoms with E-state index in [0.717, 1.165) is 77.1 Å². The van der Waals surface area contributed by atoms with Crippen LogP contribution in [0.15, 0.2) is 197 Å². The number of hydrogen-bond acceptors (Lipinski definition) is 6. The van der Waals surface area contributed by atoms with E-state index in [1.165, 1.54) is 48.2 Å². The minimum absolute atomic E-state index is 0.0985. The van der Waals surface area contributed by atoms with Crippen LogP contribution in [0.4, 0.5) is 0 Å². The lowest BCUT2D eigenvalue weighted by Gasteiger charge is -2.24. The van der Waals surface area contributed by atoms with E-state index in [9.17, 15) is 0 Å². The lowest BCUT2D eigenvalue weighted by Crippen LogP contribution is -2.16. The Morgan fingerprint density at radius 3 is 1.80 bits per heavy atom. The number of para-hydroxylation sites is 2. The Hall–Kier alpha value is -8.19. The van der Waals surface area contributed by atoms with E-state index < -0.39 is 0 Å². The van der Waals surface area contributed by atoms with Gasteiger partial charge < -0.3 is 8.83 Å². The molecule has 4 heterocycles. The van der Waals surface area contributed by atoms with Crippen LogP contribution in [0.5, 0.6) is 0 Å². The van der Waals surface area contributed by atoms with E-state index in [0.29, 0.717) is 17.5 Å². The third-order valence-electron chi connectivity index (χ3n) is 13.8. The maximum atomic E-state index is 6.60. The maximum Gasteiger partial charge on any atom is 0.167 e. The second kappa shape index (κ2) is 13.9. The summed E-state index contributed by atoms with van der Waals surface area (Å²) in [5.41, 5.74) is 15.8. The molecule has 0 atom stereocenters. The zero-order valence-corrected chi connectivity index (χ0v) is 36.8.